The molecular weight excluding hydrogens is 270 g/mol. The molecule has 2 aromatic rings. The van der Waals surface area contributed by atoms with Crippen LogP contribution in [0.25, 0.3) is 0 Å². The van der Waals surface area contributed by atoms with Crippen LogP contribution in [0, 0.1) is 10.1 Å². The maximum Gasteiger partial charge on any atom is 0.270 e. The number of thiazole rings is 1. The topological polar surface area (TPSA) is 123 Å². The van der Waals surface area contributed by atoms with Crippen molar-refractivity contribution in [3.8, 4) is 0 Å². The maximum atomic E-state index is 12.0. The monoisotopic (exact) mass is 279 g/mol. The third kappa shape index (κ3) is 2.84. The van der Waals surface area contributed by atoms with Gasteiger partial charge in [0.2, 0.25) is 0 Å². The predicted molar refractivity (Wildman–Crippen MR) is 71.0 cm³/mol. The summed E-state index contributed by atoms with van der Waals surface area (Å²) in [6.45, 7) is 0. The van der Waals surface area contributed by atoms with E-state index in [1.807, 2.05) is 0 Å². The van der Waals surface area contributed by atoms with Crippen molar-refractivity contribution in [2.75, 3.05) is 10.7 Å². The number of carbonyl (C=O) groups is 1. The standard InChI is InChI=1S/C10H9N5O3S/c11-14-8-2-1-6(15(17)18)5-7(8)9(16)13-10-12-3-4-19-10/h1-5,14H,11H2,(H,12,13,16). The number of carbonyl (C=O) groups excluding carboxylic acids is 1. The summed E-state index contributed by atoms with van der Waals surface area (Å²) in [5, 5.41) is 15.3. The van der Waals surface area contributed by atoms with Gasteiger partial charge in [-0.3, -0.25) is 26.1 Å². The number of rotatable bonds is 4. The molecule has 0 bridgehead atoms. The molecule has 0 aliphatic rings. The second-order valence-electron chi connectivity index (χ2n) is 3.42. The molecule has 19 heavy (non-hydrogen) atoms. The molecule has 0 fully saturated rings. The summed E-state index contributed by atoms with van der Waals surface area (Å²) in [5.74, 6) is 4.75. The largest absolute Gasteiger partial charge is 0.323 e. The number of nitro groups is 1. The average molecular weight is 279 g/mol. The quantitative estimate of drug-likeness (QED) is 0.443. The van der Waals surface area contributed by atoms with Gasteiger partial charge in [-0.25, -0.2) is 4.98 Å². The number of nitro benzene ring substituents is 1. The smallest absolute Gasteiger partial charge is 0.270 e. The Bertz CT molecular complexity index is 614. The Morgan fingerprint density at radius 1 is 1.47 bits per heavy atom. The second kappa shape index (κ2) is 5.42. The summed E-state index contributed by atoms with van der Waals surface area (Å²) in [4.78, 5) is 26.0. The molecule has 98 valence electrons. The highest BCUT2D eigenvalue weighted by Gasteiger charge is 2.17. The van der Waals surface area contributed by atoms with Crippen LogP contribution >= 0.6 is 11.3 Å². The van der Waals surface area contributed by atoms with Crippen molar-refractivity contribution < 1.29 is 9.72 Å². The number of amides is 1. The highest BCUT2D eigenvalue weighted by molar-refractivity contribution is 7.13. The van der Waals surface area contributed by atoms with Crippen molar-refractivity contribution >= 4 is 33.8 Å². The Kier molecular flexibility index (Phi) is 3.68. The first-order valence-electron chi connectivity index (χ1n) is 5.07. The molecular formula is C10H9N5O3S. The van der Waals surface area contributed by atoms with Gasteiger partial charge in [-0.1, -0.05) is 0 Å². The lowest BCUT2D eigenvalue weighted by Crippen LogP contribution is -2.17. The lowest BCUT2D eigenvalue weighted by Gasteiger charge is -2.07. The first-order chi connectivity index (χ1) is 9.11. The molecule has 0 radical (unpaired) electrons. The Morgan fingerprint density at radius 2 is 2.26 bits per heavy atom. The minimum atomic E-state index is -0.583. The number of non-ortho nitro benzene ring substituents is 1. The van der Waals surface area contributed by atoms with Crippen molar-refractivity contribution in [3.05, 3.63) is 45.5 Å². The van der Waals surface area contributed by atoms with Crippen molar-refractivity contribution in [1.82, 2.24) is 4.98 Å². The van der Waals surface area contributed by atoms with Gasteiger partial charge in [0.05, 0.1) is 16.2 Å². The lowest BCUT2D eigenvalue weighted by atomic mass is 10.1. The fourth-order valence-electron chi connectivity index (χ4n) is 1.41. The maximum absolute atomic E-state index is 12.0. The number of nitrogens with one attached hydrogen (secondary N) is 2. The molecule has 9 heteroatoms. The Balaban J connectivity index is 2.33. The molecule has 1 aromatic carbocycles. The molecule has 0 spiro atoms. The molecule has 0 saturated heterocycles. The van der Waals surface area contributed by atoms with Crippen LogP contribution in [-0.2, 0) is 0 Å². The van der Waals surface area contributed by atoms with Crippen molar-refractivity contribution in [3.63, 3.8) is 0 Å². The molecule has 0 atom stereocenters. The highest BCUT2D eigenvalue weighted by Crippen LogP contribution is 2.23. The van der Waals surface area contributed by atoms with E-state index in [0.717, 1.165) is 6.07 Å². The van der Waals surface area contributed by atoms with Gasteiger partial charge in [0, 0.05) is 23.7 Å². The third-order valence-electron chi connectivity index (χ3n) is 2.27. The SMILES string of the molecule is NNc1ccc([N+](=O)[O-])cc1C(=O)Nc1nccs1. The van der Waals surface area contributed by atoms with Crippen LogP contribution in [0.4, 0.5) is 16.5 Å². The van der Waals surface area contributed by atoms with Gasteiger partial charge in [-0.05, 0) is 6.07 Å². The van der Waals surface area contributed by atoms with E-state index in [2.05, 4.69) is 15.7 Å². The van der Waals surface area contributed by atoms with Crippen LogP contribution in [-0.4, -0.2) is 15.8 Å². The normalized spacial score (nSPS) is 9.95. The average Bonchev–Trinajstić information content (AvgIpc) is 2.90. The first-order valence-corrected chi connectivity index (χ1v) is 5.95. The van der Waals surface area contributed by atoms with E-state index in [9.17, 15) is 14.9 Å². The fraction of sp³-hybridized carbons (Fsp3) is 0. The van der Waals surface area contributed by atoms with Crippen LogP contribution < -0.4 is 16.6 Å². The molecule has 2 rings (SSSR count). The minimum absolute atomic E-state index is 0.0758. The minimum Gasteiger partial charge on any atom is -0.323 e. The van der Waals surface area contributed by atoms with Crippen molar-refractivity contribution in [1.29, 1.82) is 0 Å². The van der Waals surface area contributed by atoms with Gasteiger partial charge < -0.3 is 5.43 Å². The highest BCUT2D eigenvalue weighted by atomic mass is 32.1. The van der Waals surface area contributed by atoms with E-state index in [-0.39, 0.29) is 11.3 Å². The zero-order valence-corrected chi connectivity index (χ0v) is 10.3. The number of nitrogens with zero attached hydrogens (tertiary/aromatic N) is 2. The number of aromatic nitrogens is 1. The van der Waals surface area contributed by atoms with E-state index >= 15 is 0 Å². The van der Waals surface area contributed by atoms with Gasteiger partial charge in [0.25, 0.3) is 11.6 Å². The van der Waals surface area contributed by atoms with Gasteiger partial charge in [0.1, 0.15) is 0 Å². The second-order valence-corrected chi connectivity index (χ2v) is 4.32. The number of benzene rings is 1. The Hall–Kier alpha value is -2.52. The van der Waals surface area contributed by atoms with E-state index < -0.39 is 10.8 Å². The Morgan fingerprint density at radius 3 is 2.84 bits per heavy atom. The van der Waals surface area contributed by atoms with Crippen LogP contribution in [0.3, 0.4) is 0 Å². The number of hydrogen-bond acceptors (Lipinski definition) is 7. The van der Waals surface area contributed by atoms with Crippen LogP contribution in [0.1, 0.15) is 10.4 Å². The van der Waals surface area contributed by atoms with Crippen molar-refractivity contribution in [2.24, 2.45) is 5.84 Å². The zero-order valence-electron chi connectivity index (χ0n) is 9.49. The molecule has 8 nitrogen and oxygen atoms in total. The number of nitrogens with two attached hydrogens (primary N) is 1. The lowest BCUT2D eigenvalue weighted by molar-refractivity contribution is -0.384. The number of anilines is 2. The molecule has 1 aromatic heterocycles. The van der Waals surface area contributed by atoms with Crippen LogP contribution in [0.15, 0.2) is 29.8 Å². The molecule has 4 N–H and O–H groups in total. The van der Waals surface area contributed by atoms with Gasteiger partial charge in [-0.15, -0.1) is 11.3 Å². The van der Waals surface area contributed by atoms with Crippen LogP contribution in [0.2, 0.25) is 0 Å². The first kappa shape index (κ1) is 12.9. The van der Waals surface area contributed by atoms with E-state index in [0.29, 0.717) is 10.8 Å². The molecule has 0 aliphatic heterocycles. The summed E-state index contributed by atoms with van der Waals surface area (Å²) in [6.07, 6.45) is 1.54. The summed E-state index contributed by atoms with van der Waals surface area (Å²) < 4.78 is 0. The van der Waals surface area contributed by atoms with E-state index in [1.54, 1.807) is 5.38 Å². The zero-order chi connectivity index (χ0) is 13.8. The Labute approximate surface area is 111 Å². The molecule has 0 saturated carbocycles. The molecule has 1 heterocycles. The summed E-state index contributed by atoms with van der Waals surface area (Å²) in [6, 6.07) is 3.78. The van der Waals surface area contributed by atoms with Gasteiger partial charge in [-0.2, -0.15) is 0 Å². The summed E-state index contributed by atoms with van der Waals surface area (Å²) in [7, 11) is 0. The number of hydrazine groups is 1. The molecule has 1 amide bonds. The summed E-state index contributed by atoms with van der Waals surface area (Å²) >= 11 is 1.24. The predicted octanol–water partition coefficient (Wildman–Crippen LogP) is 1.59. The van der Waals surface area contributed by atoms with Gasteiger partial charge in [0.15, 0.2) is 5.13 Å². The van der Waals surface area contributed by atoms with Crippen LogP contribution in [0.5, 0.6) is 0 Å². The molecule has 0 aliphatic carbocycles. The number of hydrogen-bond donors (Lipinski definition) is 3. The third-order valence-corrected chi connectivity index (χ3v) is 2.96. The molecule has 0 unspecified atom stereocenters. The van der Waals surface area contributed by atoms with Gasteiger partial charge >= 0.3 is 0 Å². The number of nitrogen functional groups attached to an aromatic ring is 1. The fourth-order valence-corrected chi connectivity index (χ4v) is 1.93. The van der Waals surface area contributed by atoms with Crippen molar-refractivity contribution in [2.45, 2.75) is 0 Å². The van der Waals surface area contributed by atoms with E-state index in [1.165, 1.54) is 29.7 Å². The van der Waals surface area contributed by atoms with E-state index in [4.69, 9.17) is 5.84 Å². The summed E-state index contributed by atoms with van der Waals surface area (Å²) in [5.41, 5.74) is 2.50.